The van der Waals surface area contributed by atoms with Crippen LogP contribution in [0, 0.1) is 0 Å². The zero-order valence-corrected chi connectivity index (χ0v) is 7.71. The average molecular weight is 166 g/mol. The molecule has 9 heavy (non-hydrogen) atoms. The van der Waals surface area contributed by atoms with Gasteiger partial charge in [0.2, 0.25) is 0 Å². The monoisotopic (exact) mass is 166 g/mol. The van der Waals surface area contributed by atoms with Crippen LogP contribution in [0.1, 0.15) is 26.7 Å². The zero-order chi connectivity index (χ0) is 7.33. The van der Waals surface area contributed by atoms with Crippen molar-refractivity contribution in [3.8, 4) is 0 Å². The second kappa shape index (κ2) is 4.18. The van der Waals surface area contributed by atoms with Crippen LogP contribution in [0.2, 0.25) is 9.45 Å². The quantitative estimate of drug-likeness (QED) is 0.601. The molecule has 0 atom stereocenters. The van der Waals surface area contributed by atoms with Gasteiger partial charge >= 0.3 is 59.3 Å². The van der Waals surface area contributed by atoms with E-state index in [1.807, 2.05) is 13.8 Å². The Morgan fingerprint density at radius 1 is 1.00 bits per heavy atom. The van der Waals surface area contributed by atoms with Crippen molar-refractivity contribution < 1.29 is 23.2 Å². The maximum absolute atomic E-state index is 10.9. The Balaban J connectivity index is 3.73. The van der Waals surface area contributed by atoms with Gasteiger partial charge in [-0.05, 0) is 0 Å². The molecule has 0 aliphatic heterocycles. The summed E-state index contributed by atoms with van der Waals surface area (Å²) in [4.78, 5) is 0. The van der Waals surface area contributed by atoms with E-state index in [4.69, 9.17) is 0 Å². The summed E-state index contributed by atoms with van der Waals surface area (Å²) in [5.74, 6) is 0. The molecule has 0 saturated heterocycles. The molecule has 0 amide bonds. The van der Waals surface area contributed by atoms with Gasteiger partial charge in [-0.15, -0.1) is 0 Å². The summed E-state index contributed by atoms with van der Waals surface area (Å²) in [5.41, 5.74) is 0. The van der Waals surface area contributed by atoms with Crippen LogP contribution < -0.4 is 0 Å². The van der Waals surface area contributed by atoms with Gasteiger partial charge in [-0.1, -0.05) is 0 Å². The molecule has 0 aromatic rings. The van der Waals surface area contributed by atoms with E-state index in [0.717, 1.165) is 12.8 Å². The van der Waals surface area contributed by atoms with Crippen molar-refractivity contribution in [1.29, 1.82) is 0 Å². The van der Waals surface area contributed by atoms with Gasteiger partial charge in [0, 0.05) is 0 Å². The van der Waals surface area contributed by atoms with Crippen LogP contribution in [0.5, 0.6) is 0 Å². The van der Waals surface area contributed by atoms with Crippen LogP contribution >= 0.6 is 0 Å². The van der Waals surface area contributed by atoms with Crippen LogP contribution in [0.25, 0.3) is 0 Å². The topological polar surface area (TPSA) is 34.1 Å². The third-order valence-corrected chi connectivity index (χ3v) is 5.20. The third-order valence-electron chi connectivity index (χ3n) is 1.26. The van der Waals surface area contributed by atoms with E-state index in [1.165, 1.54) is 0 Å². The predicted molar refractivity (Wildman–Crippen MR) is 31.6 cm³/mol. The van der Waals surface area contributed by atoms with Gasteiger partial charge in [-0.2, -0.15) is 0 Å². The molecule has 0 fully saturated rings. The summed E-state index contributed by atoms with van der Waals surface area (Å²) in [6, 6.07) is 0. The average Bonchev–Trinajstić information content (AvgIpc) is 1.64. The van der Waals surface area contributed by atoms with E-state index in [1.54, 1.807) is 0 Å². The molecule has 0 aliphatic carbocycles. The van der Waals surface area contributed by atoms with E-state index in [-0.39, 0.29) is 0 Å². The maximum atomic E-state index is 10.9. The molecule has 0 radical (unpaired) electrons. The van der Waals surface area contributed by atoms with Crippen LogP contribution in [0.15, 0.2) is 0 Å². The molecule has 0 aliphatic rings. The van der Waals surface area contributed by atoms with Crippen molar-refractivity contribution in [2.45, 2.75) is 36.1 Å². The molecule has 0 spiro atoms. The van der Waals surface area contributed by atoms with Gasteiger partial charge < -0.3 is 0 Å². The van der Waals surface area contributed by atoms with Gasteiger partial charge in [-0.3, -0.25) is 0 Å². The molecule has 0 rings (SSSR count). The summed E-state index contributed by atoms with van der Waals surface area (Å²) in [7, 11) is 0. The summed E-state index contributed by atoms with van der Waals surface area (Å²) in [6.45, 7) is 3.82. The van der Waals surface area contributed by atoms with Crippen LogP contribution in [0.3, 0.4) is 0 Å². The SMILES string of the molecule is CC[CH2][Ti](=[O])(=[O])[CH2]CC. The standard InChI is InChI=1S/2C3H7.2O.Ti/c2*1-3-2;;;/h2*1,3H2,2H3;;;. The summed E-state index contributed by atoms with van der Waals surface area (Å²) in [5, 5.41) is 0. The van der Waals surface area contributed by atoms with Crippen molar-refractivity contribution >= 4 is 0 Å². The fraction of sp³-hybridized carbons (Fsp3) is 1.00. The molecule has 0 unspecified atom stereocenters. The minimum absolute atomic E-state index is 0.452. The van der Waals surface area contributed by atoms with Gasteiger partial charge in [0.15, 0.2) is 0 Å². The third kappa shape index (κ3) is 4.80. The predicted octanol–water partition coefficient (Wildman–Crippen LogP) is 2.49. The Labute approximate surface area is 59.6 Å². The van der Waals surface area contributed by atoms with Crippen LogP contribution in [-0.4, -0.2) is 0 Å². The number of hydrogen-bond acceptors (Lipinski definition) is 2. The molecule has 0 bridgehead atoms. The van der Waals surface area contributed by atoms with E-state index in [2.05, 4.69) is 0 Å². The molecular formula is C6H14O2Ti. The molecule has 0 aromatic carbocycles. The van der Waals surface area contributed by atoms with Crippen molar-refractivity contribution in [2.75, 3.05) is 0 Å². The Morgan fingerprint density at radius 3 is 1.56 bits per heavy atom. The van der Waals surface area contributed by atoms with E-state index < -0.39 is 16.5 Å². The molecule has 3 heteroatoms. The van der Waals surface area contributed by atoms with Gasteiger partial charge in [0.25, 0.3) is 0 Å². The molecule has 54 valence electrons. The number of hydrogen-bond donors (Lipinski definition) is 0. The minimum atomic E-state index is -3.66. The van der Waals surface area contributed by atoms with Crippen molar-refractivity contribution in [3.05, 3.63) is 0 Å². The summed E-state index contributed by atoms with van der Waals surface area (Å²) in [6.07, 6.45) is 1.57. The number of rotatable bonds is 4. The Bertz CT molecular complexity index is 134. The van der Waals surface area contributed by atoms with Crippen molar-refractivity contribution in [2.24, 2.45) is 0 Å². The first-order valence-electron chi connectivity index (χ1n) is 3.53. The Morgan fingerprint density at radius 2 is 1.33 bits per heavy atom. The van der Waals surface area contributed by atoms with E-state index in [0.29, 0.717) is 9.45 Å². The first-order valence-corrected chi connectivity index (χ1v) is 7.01. The molecule has 0 heterocycles. The first kappa shape index (κ1) is 9.31. The summed E-state index contributed by atoms with van der Waals surface area (Å²) < 4.78 is 22.8. The van der Waals surface area contributed by atoms with Crippen LogP contribution in [0.4, 0.5) is 0 Å². The molecule has 0 saturated carbocycles. The fourth-order valence-corrected chi connectivity index (χ4v) is 3.66. The van der Waals surface area contributed by atoms with Crippen LogP contribution in [-0.2, 0) is 23.2 Å². The normalized spacial score (nSPS) is 10.0. The molecule has 2 nitrogen and oxygen atoms in total. The molecule has 0 aromatic heterocycles. The van der Waals surface area contributed by atoms with E-state index in [9.17, 15) is 6.65 Å². The second-order valence-corrected chi connectivity index (χ2v) is 6.82. The van der Waals surface area contributed by atoms with E-state index >= 15 is 0 Å². The molecule has 0 N–H and O–H groups in total. The van der Waals surface area contributed by atoms with Gasteiger partial charge in [-0.25, -0.2) is 0 Å². The van der Waals surface area contributed by atoms with Crippen molar-refractivity contribution in [1.82, 2.24) is 0 Å². The van der Waals surface area contributed by atoms with Gasteiger partial charge in [0.05, 0.1) is 0 Å². The second-order valence-electron chi connectivity index (χ2n) is 2.41. The molecular weight excluding hydrogens is 152 g/mol. The van der Waals surface area contributed by atoms with Gasteiger partial charge in [0.1, 0.15) is 0 Å². The Hall–Kier alpha value is 0.314. The van der Waals surface area contributed by atoms with Crippen molar-refractivity contribution in [3.63, 3.8) is 0 Å². The zero-order valence-electron chi connectivity index (χ0n) is 6.14. The fourth-order valence-electron chi connectivity index (χ4n) is 0.887. The Kier molecular flexibility index (Phi) is 4.33. The summed E-state index contributed by atoms with van der Waals surface area (Å²) >= 11 is -3.66. The first-order chi connectivity index (χ1) is 4.12.